The van der Waals surface area contributed by atoms with Gasteiger partial charge in [0.15, 0.2) is 0 Å². The molecule has 0 spiro atoms. The third kappa shape index (κ3) is 3.04. The Kier molecular flexibility index (Phi) is 3.61. The highest BCUT2D eigenvalue weighted by Crippen LogP contribution is 2.31. The number of rotatable bonds is 4. The van der Waals surface area contributed by atoms with Crippen molar-refractivity contribution in [3.63, 3.8) is 0 Å². The molecule has 1 aromatic carbocycles. The Morgan fingerprint density at radius 3 is 2.67 bits per heavy atom. The number of hydrogen-bond acceptors (Lipinski definition) is 2. The van der Waals surface area contributed by atoms with E-state index in [1.54, 1.807) is 0 Å². The summed E-state index contributed by atoms with van der Waals surface area (Å²) < 4.78 is 26.0. The van der Waals surface area contributed by atoms with Gasteiger partial charge in [-0.15, -0.1) is 0 Å². The minimum absolute atomic E-state index is 0.0566. The summed E-state index contributed by atoms with van der Waals surface area (Å²) in [6.07, 6.45) is 3.02. The summed E-state index contributed by atoms with van der Waals surface area (Å²) in [5, 5.41) is 2.60. The number of nitrogens with one attached hydrogen (secondary N) is 1. The van der Waals surface area contributed by atoms with Crippen LogP contribution in [0.15, 0.2) is 18.2 Å². The predicted molar refractivity (Wildman–Crippen MR) is 63.6 cm³/mol. The molecule has 0 aliphatic heterocycles. The number of carbonyl (C=O) groups excluding carboxylic acids is 1. The highest BCUT2D eigenvalue weighted by molar-refractivity contribution is 5.77. The van der Waals surface area contributed by atoms with E-state index in [4.69, 9.17) is 5.73 Å². The average molecular weight is 254 g/mol. The van der Waals surface area contributed by atoms with Crippen molar-refractivity contribution in [2.24, 2.45) is 5.73 Å². The summed E-state index contributed by atoms with van der Waals surface area (Å²) in [5.74, 6) is -1.47. The van der Waals surface area contributed by atoms with E-state index < -0.39 is 11.6 Å². The van der Waals surface area contributed by atoms with Crippen molar-refractivity contribution in [1.82, 2.24) is 5.32 Å². The Balaban J connectivity index is 1.85. The molecule has 3 nitrogen and oxygen atoms in total. The molecule has 5 heteroatoms. The van der Waals surface area contributed by atoms with Gasteiger partial charge in [-0.3, -0.25) is 4.79 Å². The summed E-state index contributed by atoms with van der Waals surface area (Å²) in [7, 11) is 0. The van der Waals surface area contributed by atoms with Crippen LogP contribution in [0.4, 0.5) is 8.78 Å². The first-order chi connectivity index (χ1) is 8.48. The molecule has 0 bridgehead atoms. The number of carbonyl (C=O) groups is 1. The largest absolute Gasteiger partial charge is 0.352 e. The zero-order chi connectivity index (χ0) is 13.2. The molecule has 1 aromatic rings. The molecule has 0 atom stereocenters. The molecule has 0 unspecified atom stereocenters. The van der Waals surface area contributed by atoms with E-state index in [2.05, 4.69) is 5.32 Å². The SMILES string of the molecule is NC1(CC(=O)NCc2ccc(F)cc2F)CCC1. The zero-order valence-electron chi connectivity index (χ0n) is 10.0. The van der Waals surface area contributed by atoms with Gasteiger partial charge in [0.25, 0.3) is 0 Å². The first-order valence-electron chi connectivity index (χ1n) is 5.98. The molecule has 0 radical (unpaired) electrons. The van der Waals surface area contributed by atoms with Crippen LogP contribution in [0, 0.1) is 11.6 Å². The molecular weight excluding hydrogens is 238 g/mol. The van der Waals surface area contributed by atoms with Crippen LogP contribution in [0.1, 0.15) is 31.2 Å². The normalized spacial score (nSPS) is 17.1. The maximum absolute atomic E-state index is 13.3. The van der Waals surface area contributed by atoms with Gasteiger partial charge in [-0.2, -0.15) is 0 Å². The fourth-order valence-electron chi connectivity index (χ4n) is 2.05. The quantitative estimate of drug-likeness (QED) is 0.861. The fourth-order valence-corrected chi connectivity index (χ4v) is 2.05. The molecule has 1 fully saturated rings. The lowest BCUT2D eigenvalue weighted by atomic mass is 9.75. The van der Waals surface area contributed by atoms with Crippen LogP contribution < -0.4 is 11.1 Å². The molecule has 1 amide bonds. The highest BCUT2D eigenvalue weighted by atomic mass is 19.1. The van der Waals surface area contributed by atoms with Gasteiger partial charge >= 0.3 is 0 Å². The summed E-state index contributed by atoms with van der Waals surface area (Å²) in [6.45, 7) is 0.0566. The van der Waals surface area contributed by atoms with E-state index in [9.17, 15) is 13.6 Å². The second-order valence-corrected chi connectivity index (χ2v) is 4.91. The Hall–Kier alpha value is -1.49. The van der Waals surface area contributed by atoms with Crippen molar-refractivity contribution in [3.05, 3.63) is 35.4 Å². The van der Waals surface area contributed by atoms with Crippen molar-refractivity contribution < 1.29 is 13.6 Å². The van der Waals surface area contributed by atoms with Crippen LogP contribution in [0.3, 0.4) is 0 Å². The molecule has 1 aliphatic rings. The number of amides is 1. The van der Waals surface area contributed by atoms with Gasteiger partial charge in [-0.1, -0.05) is 6.07 Å². The topological polar surface area (TPSA) is 55.1 Å². The Labute approximate surface area is 104 Å². The van der Waals surface area contributed by atoms with Crippen LogP contribution in [0.2, 0.25) is 0 Å². The molecule has 1 saturated carbocycles. The highest BCUT2D eigenvalue weighted by Gasteiger charge is 2.34. The van der Waals surface area contributed by atoms with Gasteiger partial charge in [0.2, 0.25) is 5.91 Å². The molecule has 0 heterocycles. The molecule has 18 heavy (non-hydrogen) atoms. The number of hydrogen-bond donors (Lipinski definition) is 2. The van der Waals surface area contributed by atoms with E-state index in [-0.39, 0.29) is 30.0 Å². The first-order valence-corrected chi connectivity index (χ1v) is 5.98. The number of benzene rings is 1. The second kappa shape index (κ2) is 5.02. The second-order valence-electron chi connectivity index (χ2n) is 4.91. The van der Waals surface area contributed by atoms with Crippen LogP contribution >= 0.6 is 0 Å². The Bertz CT molecular complexity index is 458. The lowest BCUT2D eigenvalue weighted by molar-refractivity contribution is -0.123. The maximum atomic E-state index is 13.3. The molecule has 98 valence electrons. The monoisotopic (exact) mass is 254 g/mol. The van der Waals surface area contributed by atoms with Gasteiger partial charge < -0.3 is 11.1 Å². The van der Waals surface area contributed by atoms with Gasteiger partial charge in [0, 0.05) is 30.1 Å². The van der Waals surface area contributed by atoms with Crippen LogP contribution in [-0.2, 0) is 11.3 Å². The van der Waals surface area contributed by atoms with Crippen LogP contribution in [0.25, 0.3) is 0 Å². The smallest absolute Gasteiger partial charge is 0.222 e. The summed E-state index contributed by atoms with van der Waals surface area (Å²) in [6, 6.07) is 3.30. The summed E-state index contributed by atoms with van der Waals surface area (Å²) in [4.78, 5) is 11.6. The molecule has 2 rings (SSSR count). The van der Waals surface area contributed by atoms with E-state index in [0.29, 0.717) is 0 Å². The fraction of sp³-hybridized carbons (Fsp3) is 0.462. The lowest BCUT2D eigenvalue weighted by Crippen LogP contribution is -2.49. The molecule has 0 saturated heterocycles. The summed E-state index contributed by atoms with van der Waals surface area (Å²) in [5.41, 5.74) is 5.82. The molecule has 1 aliphatic carbocycles. The third-order valence-corrected chi connectivity index (χ3v) is 3.35. The zero-order valence-corrected chi connectivity index (χ0v) is 10.0. The minimum atomic E-state index is -0.651. The third-order valence-electron chi connectivity index (χ3n) is 3.35. The van der Waals surface area contributed by atoms with Crippen molar-refractivity contribution in [3.8, 4) is 0 Å². The summed E-state index contributed by atoms with van der Waals surface area (Å²) >= 11 is 0. The predicted octanol–water partition coefficient (Wildman–Crippen LogP) is 1.85. The van der Waals surface area contributed by atoms with E-state index >= 15 is 0 Å². The Morgan fingerprint density at radius 2 is 2.11 bits per heavy atom. The van der Waals surface area contributed by atoms with E-state index in [1.807, 2.05) is 0 Å². The maximum Gasteiger partial charge on any atom is 0.222 e. The van der Waals surface area contributed by atoms with Gasteiger partial charge in [0.05, 0.1) is 0 Å². The van der Waals surface area contributed by atoms with Crippen molar-refractivity contribution >= 4 is 5.91 Å². The van der Waals surface area contributed by atoms with Gasteiger partial charge in [-0.25, -0.2) is 8.78 Å². The lowest BCUT2D eigenvalue weighted by Gasteiger charge is -2.37. The van der Waals surface area contributed by atoms with Gasteiger partial charge in [0.1, 0.15) is 11.6 Å². The van der Waals surface area contributed by atoms with Crippen LogP contribution in [-0.4, -0.2) is 11.4 Å². The minimum Gasteiger partial charge on any atom is -0.352 e. The first kappa shape index (κ1) is 13.0. The average Bonchev–Trinajstić information content (AvgIpc) is 2.25. The molecular formula is C13H16F2N2O. The molecule has 3 N–H and O–H groups in total. The van der Waals surface area contributed by atoms with Crippen molar-refractivity contribution in [1.29, 1.82) is 0 Å². The van der Waals surface area contributed by atoms with Gasteiger partial charge in [-0.05, 0) is 25.3 Å². The number of nitrogens with two attached hydrogens (primary N) is 1. The van der Waals surface area contributed by atoms with Crippen LogP contribution in [0.5, 0.6) is 0 Å². The molecule has 0 aromatic heterocycles. The van der Waals surface area contributed by atoms with E-state index in [1.165, 1.54) is 12.1 Å². The van der Waals surface area contributed by atoms with Crippen molar-refractivity contribution in [2.45, 2.75) is 37.8 Å². The Morgan fingerprint density at radius 1 is 1.39 bits per heavy atom. The standard InChI is InChI=1S/C13H16F2N2O/c14-10-3-2-9(11(15)6-10)8-17-12(18)7-13(16)4-1-5-13/h2-3,6H,1,4-5,7-8,16H2,(H,17,18). The van der Waals surface area contributed by atoms with E-state index in [0.717, 1.165) is 25.3 Å². The van der Waals surface area contributed by atoms with Crippen molar-refractivity contribution in [2.75, 3.05) is 0 Å². The number of halogens is 2.